The Bertz CT molecular complexity index is 610. The van der Waals surface area contributed by atoms with Crippen LogP contribution in [0, 0.1) is 0 Å². The number of nitrogens with two attached hydrogens (primary N) is 1. The predicted octanol–water partition coefficient (Wildman–Crippen LogP) is 2.33. The Hall–Kier alpha value is -1.91. The molecule has 0 bridgehead atoms. The number of rotatable bonds is 5. The summed E-state index contributed by atoms with van der Waals surface area (Å²) in [4.78, 5) is 4.52. The van der Waals surface area contributed by atoms with Crippen molar-refractivity contribution in [2.24, 2.45) is 5.84 Å². The van der Waals surface area contributed by atoms with Crippen LogP contribution in [-0.2, 0) is 19.3 Å². The van der Waals surface area contributed by atoms with Crippen molar-refractivity contribution in [3.63, 3.8) is 0 Å². The molecule has 3 N–H and O–H groups in total. The first-order valence-corrected chi connectivity index (χ1v) is 7.45. The van der Waals surface area contributed by atoms with Crippen molar-refractivity contribution in [2.45, 2.75) is 32.2 Å². The first-order chi connectivity index (χ1) is 10.3. The van der Waals surface area contributed by atoms with Gasteiger partial charge in [-0.3, -0.25) is 16.3 Å². The fourth-order valence-corrected chi connectivity index (χ4v) is 2.69. The first-order valence-electron chi connectivity index (χ1n) is 7.45. The number of benzene rings is 1. The van der Waals surface area contributed by atoms with Gasteiger partial charge in [0.05, 0.1) is 12.6 Å². The van der Waals surface area contributed by atoms with Gasteiger partial charge in [-0.1, -0.05) is 25.1 Å². The van der Waals surface area contributed by atoms with E-state index >= 15 is 0 Å². The van der Waals surface area contributed by atoms with Crippen LogP contribution in [0.15, 0.2) is 36.5 Å². The average Bonchev–Trinajstić information content (AvgIpc) is 3.00. The molecule has 0 aliphatic carbocycles. The van der Waals surface area contributed by atoms with Crippen LogP contribution in [0.3, 0.4) is 0 Å². The van der Waals surface area contributed by atoms with Gasteiger partial charge in [-0.05, 0) is 35.2 Å². The van der Waals surface area contributed by atoms with Crippen molar-refractivity contribution in [1.82, 2.24) is 10.4 Å². The van der Waals surface area contributed by atoms with Crippen LogP contribution >= 0.6 is 0 Å². The Labute approximate surface area is 125 Å². The van der Waals surface area contributed by atoms with Crippen LogP contribution in [0.1, 0.15) is 35.3 Å². The van der Waals surface area contributed by atoms with Gasteiger partial charge in [-0.15, -0.1) is 0 Å². The quantitative estimate of drug-likeness (QED) is 0.653. The molecule has 1 aliphatic rings. The van der Waals surface area contributed by atoms with Gasteiger partial charge in [-0.25, -0.2) is 0 Å². The lowest BCUT2D eigenvalue weighted by Crippen LogP contribution is -2.29. The summed E-state index contributed by atoms with van der Waals surface area (Å²) in [6.07, 6.45) is 4.71. The van der Waals surface area contributed by atoms with Gasteiger partial charge in [-0.2, -0.15) is 0 Å². The number of nitrogens with zero attached hydrogens (tertiary/aromatic N) is 1. The van der Waals surface area contributed by atoms with E-state index in [1.165, 1.54) is 16.7 Å². The summed E-state index contributed by atoms with van der Waals surface area (Å²) >= 11 is 0. The maximum Gasteiger partial charge on any atom is 0.122 e. The highest BCUT2D eigenvalue weighted by Gasteiger charge is 2.17. The Balaban J connectivity index is 1.78. The average molecular weight is 283 g/mol. The molecule has 2 heterocycles. The van der Waals surface area contributed by atoms with E-state index in [0.717, 1.165) is 37.3 Å². The van der Waals surface area contributed by atoms with E-state index in [1.54, 1.807) is 0 Å². The summed E-state index contributed by atoms with van der Waals surface area (Å²) in [6.45, 7) is 2.91. The third-order valence-electron chi connectivity index (χ3n) is 4.02. The fourth-order valence-electron chi connectivity index (χ4n) is 2.69. The Morgan fingerprint density at radius 1 is 1.33 bits per heavy atom. The van der Waals surface area contributed by atoms with Gasteiger partial charge >= 0.3 is 0 Å². The molecule has 110 valence electrons. The number of fused-ring (bicyclic) bond motifs is 1. The Morgan fingerprint density at radius 3 is 2.95 bits per heavy atom. The van der Waals surface area contributed by atoms with Gasteiger partial charge < -0.3 is 4.74 Å². The van der Waals surface area contributed by atoms with E-state index in [9.17, 15) is 0 Å². The molecule has 1 aromatic heterocycles. The third-order valence-corrected chi connectivity index (χ3v) is 4.02. The number of pyridine rings is 1. The minimum atomic E-state index is 0.0656. The molecule has 1 unspecified atom stereocenters. The van der Waals surface area contributed by atoms with Crippen LogP contribution in [0.4, 0.5) is 0 Å². The summed E-state index contributed by atoms with van der Waals surface area (Å²) in [5, 5.41) is 0. The lowest BCUT2D eigenvalue weighted by atomic mass is 9.99. The highest BCUT2D eigenvalue weighted by molar-refractivity contribution is 5.41. The second kappa shape index (κ2) is 6.24. The van der Waals surface area contributed by atoms with Gasteiger partial charge in [0.15, 0.2) is 0 Å². The molecule has 21 heavy (non-hydrogen) atoms. The maximum atomic E-state index is 5.74. The van der Waals surface area contributed by atoms with Gasteiger partial charge in [0.1, 0.15) is 5.75 Å². The summed E-state index contributed by atoms with van der Waals surface area (Å²) < 4.78 is 5.55. The largest absolute Gasteiger partial charge is 0.493 e. The Morgan fingerprint density at radius 2 is 2.24 bits per heavy atom. The smallest absolute Gasteiger partial charge is 0.122 e. The van der Waals surface area contributed by atoms with Crippen LogP contribution in [0.25, 0.3) is 0 Å². The van der Waals surface area contributed by atoms with Crippen LogP contribution in [-0.4, -0.2) is 11.6 Å². The predicted molar refractivity (Wildman–Crippen MR) is 83.0 cm³/mol. The number of aromatic nitrogens is 1. The molecule has 0 radical (unpaired) electrons. The summed E-state index contributed by atoms with van der Waals surface area (Å²) in [7, 11) is 0. The SMILES string of the molecule is CCc1ccc(CC(NN)c2ccc3c(c2)CCO3)nc1. The van der Waals surface area contributed by atoms with Crippen molar-refractivity contribution in [1.29, 1.82) is 0 Å². The molecule has 0 fully saturated rings. The van der Waals surface area contributed by atoms with E-state index < -0.39 is 0 Å². The molecule has 0 saturated heterocycles. The molecule has 1 atom stereocenters. The molecule has 1 aromatic carbocycles. The van der Waals surface area contributed by atoms with Crippen LogP contribution in [0.2, 0.25) is 0 Å². The third kappa shape index (κ3) is 3.06. The van der Waals surface area contributed by atoms with Crippen molar-refractivity contribution in [3.8, 4) is 5.75 Å². The van der Waals surface area contributed by atoms with Crippen LogP contribution < -0.4 is 16.0 Å². The van der Waals surface area contributed by atoms with Crippen molar-refractivity contribution in [2.75, 3.05) is 6.61 Å². The van der Waals surface area contributed by atoms with Gasteiger partial charge in [0.2, 0.25) is 0 Å². The standard InChI is InChI=1S/C17H21N3O/c1-2-12-3-5-15(19-11-12)10-16(20-18)13-4-6-17-14(9-13)7-8-21-17/h3-6,9,11,16,20H,2,7-8,10,18H2,1H3. The lowest BCUT2D eigenvalue weighted by Gasteiger charge is -2.17. The number of nitrogens with one attached hydrogen (secondary N) is 1. The summed E-state index contributed by atoms with van der Waals surface area (Å²) in [5.41, 5.74) is 7.66. The number of hydrazine groups is 1. The number of aryl methyl sites for hydroxylation is 1. The Kier molecular flexibility index (Phi) is 4.18. The zero-order chi connectivity index (χ0) is 14.7. The molecular weight excluding hydrogens is 262 g/mol. The molecule has 4 heteroatoms. The molecule has 0 spiro atoms. The molecule has 2 aromatic rings. The molecule has 3 rings (SSSR count). The second-order valence-corrected chi connectivity index (χ2v) is 5.40. The van der Waals surface area contributed by atoms with Gasteiger partial charge in [0.25, 0.3) is 0 Å². The van der Waals surface area contributed by atoms with E-state index in [-0.39, 0.29) is 6.04 Å². The molecule has 1 aliphatic heterocycles. The number of ether oxygens (including phenoxy) is 1. The molecule has 0 amide bonds. The van der Waals surface area contributed by atoms with Crippen molar-refractivity contribution < 1.29 is 4.74 Å². The lowest BCUT2D eigenvalue weighted by molar-refractivity contribution is 0.356. The normalized spacial score (nSPS) is 14.6. The molecule has 4 nitrogen and oxygen atoms in total. The zero-order valence-electron chi connectivity index (χ0n) is 12.3. The fraction of sp³-hybridized carbons (Fsp3) is 0.353. The number of hydrogen-bond acceptors (Lipinski definition) is 4. The van der Waals surface area contributed by atoms with Crippen LogP contribution in [0.5, 0.6) is 5.75 Å². The minimum absolute atomic E-state index is 0.0656. The van der Waals surface area contributed by atoms with E-state index in [1.807, 2.05) is 12.3 Å². The minimum Gasteiger partial charge on any atom is -0.493 e. The first kappa shape index (κ1) is 14.0. The summed E-state index contributed by atoms with van der Waals surface area (Å²) in [5.74, 6) is 6.74. The summed E-state index contributed by atoms with van der Waals surface area (Å²) in [6, 6.07) is 10.6. The monoisotopic (exact) mass is 283 g/mol. The second-order valence-electron chi connectivity index (χ2n) is 5.40. The highest BCUT2D eigenvalue weighted by atomic mass is 16.5. The van der Waals surface area contributed by atoms with E-state index in [2.05, 4.69) is 41.6 Å². The van der Waals surface area contributed by atoms with E-state index in [0.29, 0.717) is 0 Å². The number of hydrogen-bond donors (Lipinski definition) is 2. The van der Waals surface area contributed by atoms with Crippen molar-refractivity contribution >= 4 is 0 Å². The topological polar surface area (TPSA) is 60.2 Å². The maximum absolute atomic E-state index is 5.74. The van der Waals surface area contributed by atoms with Crippen molar-refractivity contribution in [3.05, 3.63) is 58.9 Å². The van der Waals surface area contributed by atoms with E-state index in [4.69, 9.17) is 10.6 Å². The molecular formula is C17H21N3O. The van der Waals surface area contributed by atoms with Gasteiger partial charge in [0, 0.05) is 24.7 Å². The zero-order valence-corrected chi connectivity index (χ0v) is 12.3. The molecule has 0 saturated carbocycles. The highest BCUT2D eigenvalue weighted by Crippen LogP contribution is 2.28.